The lowest BCUT2D eigenvalue weighted by atomic mass is 10.2. The van der Waals surface area contributed by atoms with Crippen molar-refractivity contribution in [3.05, 3.63) is 48.5 Å². The molecule has 0 amide bonds. The van der Waals surface area contributed by atoms with E-state index in [4.69, 9.17) is 4.74 Å². The minimum absolute atomic E-state index is 0.358. The van der Waals surface area contributed by atoms with Crippen LogP contribution in [0.5, 0.6) is 5.88 Å². The van der Waals surface area contributed by atoms with Crippen LogP contribution < -0.4 is 4.74 Å². The summed E-state index contributed by atoms with van der Waals surface area (Å²) < 4.78 is 5.37. The van der Waals surface area contributed by atoms with Crippen LogP contribution in [0.25, 0.3) is 0 Å². The summed E-state index contributed by atoms with van der Waals surface area (Å²) in [7, 11) is 0. The summed E-state index contributed by atoms with van der Waals surface area (Å²) in [5.74, 6) is 0.942. The molecule has 2 rings (SSSR count). The normalized spacial score (nSPS) is 17.3. The third kappa shape index (κ3) is 1.88. The zero-order valence-electron chi connectivity index (χ0n) is 7.68. The Hall–Kier alpha value is -1.90. The van der Waals surface area contributed by atoms with E-state index < -0.39 is 0 Å². The van der Waals surface area contributed by atoms with Gasteiger partial charge in [-0.2, -0.15) is 0 Å². The van der Waals surface area contributed by atoms with Gasteiger partial charge in [0.05, 0.1) is 0 Å². The van der Waals surface area contributed by atoms with Crippen molar-refractivity contribution in [1.82, 2.24) is 4.98 Å². The predicted molar refractivity (Wildman–Crippen MR) is 55.3 cm³/mol. The predicted octanol–water partition coefficient (Wildman–Crippen LogP) is 2.11. The number of ether oxygens (including phenoxy) is 1. The molecule has 0 aliphatic carbocycles. The largest absolute Gasteiger partial charge is 0.421 e. The minimum atomic E-state index is 0.358. The molecule has 3 heteroatoms. The average Bonchev–Trinajstić information content (AvgIpc) is 2.27. The van der Waals surface area contributed by atoms with E-state index in [9.17, 15) is 0 Å². The summed E-state index contributed by atoms with van der Waals surface area (Å²) in [6.45, 7) is 3.66. The molecular weight excluding hydrogens is 176 g/mol. The first-order valence-electron chi connectivity index (χ1n) is 4.36. The Morgan fingerprint density at radius 1 is 1.43 bits per heavy atom. The number of hydrogen-bond acceptors (Lipinski definition) is 3. The summed E-state index contributed by atoms with van der Waals surface area (Å²) in [6.07, 6.45) is 8.02. The van der Waals surface area contributed by atoms with Crippen molar-refractivity contribution in [3.8, 4) is 5.88 Å². The summed E-state index contributed by atoms with van der Waals surface area (Å²) in [6, 6.07) is 3.86. The van der Waals surface area contributed by atoms with Gasteiger partial charge in [0.25, 0.3) is 0 Å². The van der Waals surface area contributed by atoms with Crippen LogP contribution in [-0.4, -0.2) is 11.2 Å². The summed E-state index contributed by atoms with van der Waals surface area (Å²) in [5.41, 5.74) is 1.04. The number of nitrogens with zero attached hydrogens (tertiary/aromatic N) is 2. The maximum absolute atomic E-state index is 5.37. The van der Waals surface area contributed by atoms with Crippen LogP contribution in [0.15, 0.2) is 47.9 Å². The van der Waals surface area contributed by atoms with Crippen LogP contribution in [0, 0.1) is 0 Å². The van der Waals surface area contributed by atoms with Gasteiger partial charge in [-0.1, -0.05) is 12.1 Å². The molecule has 0 bridgehead atoms. The Kier molecular flexibility index (Phi) is 2.40. The molecule has 3 nitrogen and oxygen atoms in total. The zero-order chi connectivity index (χ0) is 9.80. The highest BCUT2D eigenvalue weighted by atomic mass is 16.5. The van der Waals surface area contributed by atoms with Gasteiger partial charge in [-0.3, -0.25) is 0 Å². The van der Waals surface area contributed by atoms with Crippen LogP contribution in [0.1, 0.15) is 5.56 Å². The monoisotopic (exact) mass is 186 g/mol. The molecule has 0 fully saturated rings. The molecule has 0 radical (unpaired) electrons. The molecule has 70 valence electrons. The molecule has 0 saturated heterocycles. The smallest absolute Gasteiger partial charge is 0.224 e. The first-order valence-corrected chi connectivity index (χ1v) is 4.36. The summed E-state index contributed by atoms with van der Waals surface area (Å²) in [4.78, 5) is 8.10. The highest BCUT2D eigenvalue weighted by Gasteiger charge is 2.05. The van der Waals surface area contributed by atoms with Crippen molar-refractivity contribution in [3.63, 3.8) is 0 Å². The van der Waals surface area contributed by atoms with Gasteiger partial charge in [-0.15, -0.1) is 0 Å². The molecule has 0 saturated carbocycles. The Morgan fingerprint density at radius 2 is 2.36 bits per heavy atom. The van der Waals surface area contributed by atoms with Gasteiger partial charge in [0.2, 0.25) is 11.8 Å². The summed E-state index contributed by atoms with van der Waals surface area (Å²) >= 11 is 0. The number of aliphatic imine (C=N–C) groups is 1. The molecule has 2 heterocycles. The second-order valence-electron chi connectivity index (χ2n) is 2.87. The second kappa shape index (κ2) is 3.87. The van der Waals surface area contributed by atoms with Crippen LogP contribution in [0.3, 0.4) is 0 Å². The lowest BCUT2D eigenvalue weighted by molar-refractivity contribution is 0.404. The Labute approximate surface area is 82.5 Å². The maximum Gasteiger partial charge on any atom is 0.224 e. The Morgan fingerprint density at radius 3 is 3.29 bits per heavy atom. The fourth-order valence-corrected chi connectivity index (χ4v) is 1.19. The van der Waals surface area contributed by atoms with Crippen molar-refractivity contribution in [2.45, 2.75) is 6.42 Å². The van der Waals surface area contributed by atoms with E-state index in [-0.39, 0.29) is 0 Å². The van der Waals surface area contributed by atoms with Gasteiger partial charge >= 0.3 is 0 Å². The molecular formula is C11H10N2O. The minimum Gasteiger partial charge on any atom is -0.421 e. The number of hydrogen-bond donors (Lipinski definition) is 0. The zero-order valence-corrected chi connectivity index (χ0v) is 7.68. The lowest BCUT2D eigenvalue weighted by Gasteiger charge is -2.06. The molecule has 0 unspecified atom stereocenters. The number of rotatable bonds is 0. The van der Waals surface area contributed by atoms with E-state index >= 15 is 0 Å². The van der Waals surface area contributed by atoms with Crippen molar-refractivity contribution in [1.29, 1.82) is 0 Å². The molecule has 0 N–H and O–H groups in total. The maximum atomic E-state index is 5.37. The van der Waals surface area contributed by atoms with E-state index in [1.807, 2.05) is 24.3 Å². The van der Waals surface area contributed by atoms with Gasteiger partial charge in [0.1, 0.15) is 0 Å². The van der Waals surface area contributed by atoms with E-state index in [0.717, 1.165) is 12.0 Å². The topological polar surface area (TPSA) is 34.5 Å². The van der Waals surface area contributed by atoms with Gasteiger partial charge in [-0.25, -0.2) is 9.98 Å². The molecule has 0 aromatic carbocycles. The van der Waals surface area contributed by atoms with Crippen LogP contribution in [0.4, 0.5) is 0 Å². The fourth-order valence-electron chi connectivity index (χ4n) is 1.19. The van der Waals surface area contributed by atoms with E-state index in [2.05, 4.69) is 16.6 Å². The molecule has 1 aromatic heterocycles. The SMILES string of the molecule is C=C1N=C/C=C\Cc2cccnc2O1. The molecule has 14 heavy (non-hydrogen) atoms. The Balaban J connectivity index is 2.39. The quantitative estimate of drug-likeness (QED) is 0.622. The van der Waals surface area contributed by atoms with Crippen LogP contribution in [0.2, 0.25) is 0 Å². The van der Waals surface area contributed by atoms with E-state index in [0.29, 0.717) is 11.8 Å². The van der Waals surface area contributed by atoms with Crippen LogP contribution in [-0.2, 0) is 6.42 Å². The highest BCUT2D eigenvalue weighted by Crippen LogP contribution is 2.18. The average molecular weight is 186 g/mol. The first kappa shape index (κ1) is 8.69. The first-order chi connectivity index (χ1) is 6.86. The van der Waals surface area contributed by atoms with Gasteiger partial charge in [-0.05, 0) is 25.1 Å². The third-order valence-electron chi connectivity index (χ3n) is 1.84. The van der Waals surface area contributed by atoms with Gasteiger partial charge < -0.3 is 4.74 Å². The number of allylic oxidation sites excluding steroid dienone is 2. The van der Waals surface area contributed by atoms with Crippen molar-refractivity contribution < 1.29 is 4.74 Å². The van der Waals surface area contributed by atoms with Crippen molar-refractivity contribution in [2.75, 3.05) is 0 Å². The standard InChI is InChI=1S/C11H10N2O/c1-9-12-7-3-2-5-10-6-4-8-13-11(10)14-9/h2-4,6-8H,1,5H2/b3-2-,12-7?. The van der Waals surface area contributed by atoms with Gasteiger partial charge in [0, 0.05) is 18.0 Å². The van der Waals surface area contributed by atoms with Gasteiger partial charge in [0.15, 0.2) is 0 Å². The molecule has 1 aliphatic heterocycles. The number of pyridine rings is 1. The van der Waals surface area contributed by atoms with E-state index in [1.54, 1.807) is 12.4 Å². The third-order valence-corrected chi connectivity index (χ3v) is 1.84. The Bertz CT molecular complexity index is 408. The summed E-state index contributed by atoms with van der Waals surface area (Å²) in [5, 5.41) is 0. The highest BCUT2D eigenvalue weighted by molar-refractivity contribution is 5.72. The molecule has 0 atom stereocenters. The number of fused-ring (bicyclic) bond motifs is 1. The fraction of sp³-hybridized carbons (Fsp3) is 0.0909. The second-order valence-corrected chi connectivity index (χ2v) is 2.87. The molecule has 1 aromatic rings. The van der Waals surface area contributed by atoms with Crippen LogP contribution >= 0.6 is 0 Å². The molecule has 0 spiro atoms. The lowest BCUT2D eigenvalue weighted by Crippen LogP contribution is -1.96. The van der Waals surface area contributed by atoms with Crippen molar-refractivity contribution in [2.24, 2.45) is 4.99 Å². The van der Waals surface area contributed by atoms with Crippen molar-refractivity contribution >= 4 is 6.21 Å². The number of aromatic nitrogens is 1. The molecule has 1 aliphatic rings. The van der Waals surface area contributed by atoms with E-state index in [1.165, 1.54) is 0 Å².